The summed E-state index contributed by atoms with van der Waals surface area (Å²) < 4.78 is 1.76. The largest absolute Gasteiger partial charge is 0.385 e. The van der Waals surface area contributed by atoms with E-state index in [1.54, 1.807) is 4.68 Å². The zero-order chi connectivity index (χ0) is 12.3. The maximum Gasteiger partial charge on any atom is 0.0935 e. The number of benzene rings is 1. The molecule has 0 aliphatic rings. The van der Waals surface area contributed by atoms with Crippen LogP contribution in [0.1, 0.15) is 24.5 Å². The molecule has 0 bridgehead atoms. The topological polar surface area (TPSA) is 38.1 Å². The Morgan fingerprint density at radius 1 is 1.29 bits per heavy atom. The minimum atomic E-state index is -0.801. The van der Waals surface area contributed by atoms with E-state index < -0.39 is 5.60 Å². The molecule has 0 fully saturated rings. The zero-order valence-corrected chi connectivity index (χ0v) is 10.3. The van der Waals surface area contributed by atoms with Crippen molar-refractivity contribution in [2.75, 3.05) is 0 Å². The standard InChI is InChI=1S/C14H18N2O/c1-3-14(17,13-7-5-4-6-8-13)9-12-10-15-16(2)11-12/h4-8,10-11,17H,3,9H2,1-2H3. The van der Waals surface area contributed by atoms with Crippen LogP contribution in [0.4, 0.5) is 0 Å². The molecule has 3 nitrogen and oxygen atoms in total. The number of hydrogen-bond donors (Lipinski definition) is 1. The molecule has 1 heterocycles. The van der Waals surface area contributed by atoms with Gasteiger partial charge >= 0.3 is 0 Å². The molecule has 1 unspecified atom stereocenters. The van der Waals surface area contributed by atoms with Crippen LogP contribution >= 0.6 is 0 Å². The van der Waals surface area contributed by atoms with Crippen molar-refractivity contribution in [1.82, 2.24) is 9.78 Å². The lowest BCUT2D eigenvalue weighted by atomic mass is 9.86. The molecule has 0 spiro atoms. The third-order valence-corrected chi connectivity index (χ3v) is 3.15. The smallest absolute Gasteiger partial charge is 0.0935 e. The summed E-state index contributed by atoms with van der Waals surface area (Å²) >= 11 is 0. The van der Waals surface area contributed by atoms with E-state index in [1.165, 1.54) is 0 Å². The summed E-state index contributed by atoms with van der Waals surface area (Å²) in [7, 11) is 1.89. The second-order valence-corrected chi connectivity index (χ2v) is 4.45. The van der Waals surface area contributed by atoms with Crippen molar-refractivity contribution in [2.45, 2.75) is 25.4 Å². The lowest BCUT2D eigenvalue weighted by Gasteiger charge is -2.26. The van der Waals surface area contributed by atoms with Crippen molar-refractivity contribution < 1.29 is 5.11 Å². The minimum absolute atomic E-state index is 0.599. The van der Waals surface area contributed by atoms with Crippen molar-refractivity contribution >= 4 is 0 Å². The Morgan fingerprint density at radius 2 is 2.00 bits per heavy atom. The predicted octanol–water partition coefficient (Wildman–Crippen LogP) is 2.26. The van der Waals surface area contributed by atoms with Gasteiger partial charge in [-0.1, -0.05) is 37.3 Å². The van der Waals surface area contributed by atoms with Crippen LogP contribution < -0.4 is 0 Å². The maximum absolute atomic E-state index is 10.7. The van der Waals surface area contributed by atoms with Gasteiger partial charge in [0.1, 0.15) is 0 Å². The molecule has 3 heteroatoms. The molecule has 90 valence electrons. The highest BCUT2D eigenvalue weighted by atomic mass is 16.3. The minimum Gasteiger partial charge on any atom is -0.385 e. The monoisotopic (exact) mass is 230 g/mol. The van der Waals surface area contributed by atoms with E-state index in [4.69, 9.17) is 0 Å². The molecule has 2 aromatic rings. The molecule has 0 saturated carbocycles. The lowest BCUT2D eigenvalue weighted by Crippen LogP contribution is -2.27. The molecule has 1 atom stereocenters. The SMILES string of the molecule is CCC(O)(Cc1cnn(C)c1)c1ccccc1. The summed E-state index contributed by atoms with van der Waals surface area (Å²) in [5, 5.41) is 14.9. The van der Waals surface area contributed by atoms with Gasteiger partial charge in [-0.25, -0.2) is 0 Å². The number of hydrogen-bond acceptors (Lipinski definition) is 2. The number of rotatable bonds is 4. The number of aryl methyl sites for hydroxylation is 1. The van der Waals surface area contributed by atoms with Crippen LogP contribution in [0, 0.1) is 0 Å². The van der Waals surface area contributed by atoms with Crippen LogP contribution in [-0.4, -0.2) is 14.9 Å². The van der Waals surface area contributed by atoms with Gasteiger partial charge in [-0.2, -0.15) is 5.10 Å². The van der Waals surface area contributed by atoms with E-state index in [0.717, 1.165) is 11.1 Å². The normalized spacial score (nSPS) is 14.5. The van der Waals surface area contributed by atoms with Crippen molar-refractivity contribution in [2.24, 2.45) is 7.05 Å². The fraction of sp³-hybridized carbons (Fsp3) is 0.357. The lowest BCUT2D eigenvalue weighted by molar-refractivity contribution is 0.0327. The molecular formula is C14H18N2O. The maximum atomic E-state index is 10.7. The van der Waals surface area contributed by atoms with E-state index >= 15 is 0 Å². The predicted molar refractivity (Wildman–Crippen MR) is 67.5 cm³/mol. The quantitative estimate of drug-likeness (QED) is 0.875. The van der Waals surface area contributed by atoms with E-state index in [2.05, 4.69) is 5.10 Å². The Kier molecular flexibility index (Phi) is 3.29. The van der Waals surface area contributed by atoms with E-state index in [9.17, 15) is 5.11 Å². The Hall–Kier alpha value is -1.61. The zero-order valence-electron chi connectivity index (χ0n) is 10.3. The average Bonchev–Trinajstić information content (AvgIpc) is 2.75. The van der Waals surface area contributed by atoms with Gasteiger partial charge in [0.2, 0.25) is 0 Å². The highest BCUT2D eigenvalue weighted by molar-refractivity contribution is 5.25. The van der Waals surface area contributed by atoms with Crippen molar-refractivity contribution in [1.29, 1.82) is 0 Å². The van der Waals surface area contributed by atoms with E-state index in [0.29, 0.717) is 12.8 Å². The first-order valence-electron chi connectivity index (χ1n) is 5.89. The first kappa shape index (κ1) is 11.9. The Bertz CT molecular complexity index is 478. The number of aliphatic hydroxyl groups is 1. The Morgan fingerprint density at radius 3 is 2.53 bits per heavy atom. The molecule has 17 heavy (non-hydrogen) atoms. The third-order valence-electron chi connectivity index (χ3n) is 3.15. The number of aromatic nitrogens is 2. The summed E-state index contributed by atoms with van der Waals surface area (Å²) in [6, 6.07) is 9.82. The van der Waals surface area contributed by atoms with Crippen molar-refractivity contribution in [3.63, 3.8) is 0 Å². The molecule has 0 saturated heterocycles. The Labute approximate surface area is 102 Å². The van der Waals surface area contributed by atoms with Gasteiger partial charge in [-0.15, -0.1) is 0 Å². The molecular weight excluding hydrogens is 212 g/mol. The van der Waals surface area contributed by atoms with Crippen molar-refractivity contribution in [3.05, 3.63) is 53.9 Å². The molecule has 1 aromatic carbocycles. The third kappa shape index (κ3) is 2.56. The second-order valence-electron chi connectivity index (χ2n) is 4.45. The number of nitrogens with zero attached hydrogens (tertiary/aromatic N) is 2. The van der Waals surface area contributed by atoms with Gasteiger partial charge in [0.05, 0.1) is 11.8 Å². The second kappa shape index (κ2) is 4.72. The Balaban J connectivity index is 2.26. The summed E-state index contributed by atoms with van der Waals surface area (Å²) in [6.45, 7) is 2.00. The van der Waals surface area contributed by atoms with Gasteiger partial charge in [-0.05, 0) is 17.5 Å². The van der Waals surface area contributed by atoms with Crippen LogP contribution in [0.25, 0.3) is 0 Å². The van der Waals surface area contributed by atoms with Gasteiger partial charge in [0.15, 0.2) is 0 Å². The van der Waals surface area contributed by atoms with Gasteiger partial charge in [0.25, 0.3) is 0 Å². The first-order valence-corrected chi connectivity index (χ1v) is 5.89. The van der Waals surface area contributed by atoms with Crippen LogP contribution in [-0.2, 0) is 19.1 Å². The molecule has 0 aliphatic heterocycles. The first-order chi connectivity index (χ1) is 8.14. The summed E-state index contributed by atoms with van der Waals surface area (Å²) in [6.07, 6.45) is 5.04. The van der Waals surface area contributed by atoms with Gasteiger partial charge in [-0.3, -0.25) is 4.68 Å². The molecule has 0 radical (unpaired) electrons. The summed E-state index contributed by atoms with van der Waals surface area (Å²) in [4.78, 5) is 0. The fourth-order valence-electron chi connectivity index (χ4n) is 2.08. The summed E-state index contributed by atoms with van der Waals surface area (Å²) in [5.41, 5.74) is 1.22. The fourth-order valence-corrected chi connectivity index (χ4v) is 2.08. The van der Waals surface area contributed by atoms with Crippen molar-refractivity contribution in [3.8, 4) is 0 Å². The van der Waals surface area contributed by atoms with Gasteiger partial charge in [0, 0.05) is 19.7 Å². The average molecular weight is 230 g/mol. The van der Waals surface area contributed by atoms with E-state index in [1.807, 2.05) is 56.7 Å². The van der Waals surface area contributed by atoms with Crippen LogP contribution in [0.3, 0.4) is 0 Å². The molecule has 0 amide bonds. The van der Waals surface area contributed by atoms with Crippen LogP contribution in [0.15, 0.2) is 42.7 Å². The molecule has 1 N–H and O–H groups in total. The highest BCUT2D eigenvalue weighted by Gasteiger charge is 2.27. The van der Waals surface area contributed by atoms with E-state index in [-0.39, 0.29) is 0 Å². The highest BCUT2D eigenvalue weighted by Crippen LogP contribution is 2.28. The van der Waals surface area contributed by atoms with Crippen LogP contribution in [0.2, 0.25) is 0 Å². The molecule has 0 aliphatic carbocycles. The summed E-state index contributed by atoms with van der Waals surface area (Å²) in [5.74, 6) is 0. The van der Waals surface area contributed by atoms with Crippen LogP contribution in [0.5, 0.6) is 0 Å². The molecule has 2 rings (SSSR count). The molecule has 1 aromatic heterocycles. The van der Waals surface area contributed by atoms with Gasteiger partial charge < -0.3 is 5.11 Å².